The highest BCUT2D eigenvalue weighted by molar-refractivity contribution is 7.92. The van der Waals surface area contributed by atoms with Crippen molar-refractivity contribution in [2.24, 2.45) is 0 Å². The topological polar surface area (TPSA) is 79.0 Å². The maximum atomic E-state index is 12.4. The minimum atomic E-state index is -3.70. The summed E-state index contributed by atoms with van der Waals surface area (Å²) in [7, 11) is -3.70. The number of sulfonamides is 1. The number of carbonyl (C=O) groups is 1. The van der Waals surface area contributed by atoms with Crippen molar-refractivity contribution in [3.63, 3.8) is 0 Å². The number of carbonyl (C=O) groups excluding carboxylic acids is 1. The molecule has 0 atom stereocenters. The molecule has 1 aromatic heterocycles. The van der Waals surface area contributed by atoms with Crippen molar-refractivity contribution in [1.29, 1.82) is 0 Å². The molecular formula is C16H14N2O3S. The van der Waals surface area contributed by atoms with Crippen LogP contribution in [0.1, 0.15) is 17.3 Å². The van der Waals surface area contributed by atoms with Crippen molar-refractivity contribution in [3.8, 4) is 0 Å². The Morgan fingerprint density at radius 2 is 1.77 bits per heavy atom. The van der Waals surface area contributed by atoms with Gasteiger partial charge in [-0.15, -0.1) is 0 Å². The summed E-state index contributed by atoms with van der Waals surface area (Å²) in [6.45, 7) is 1.44. The molecule has 0 saturated carbocycles. The lowest BCUT2D eigenvalue weighted by molar-refractivity contribution is 0.101. The zero-order valence-electron chi connectivity index (χ0n) is 11.8. The number of fused-ring (bicyclic) bond motifs is 1. The van der Waals surface area contributed by atoms with Crippen molar-refractivity contribution in [3.05, 3.63) is 60.3 Å². The van der Waals surface area contributed by atoms with E-state index in [0.717, 1.165) is 10.9 Å². The molecular weight excluding hydrogens is 300 g/mol. The van der Waals surface area contributed by atoms with Crippen molar-refractivity contribution >= 4 is 32.4 Å². The second-order valence-electron chi connectivity index (χ2n) is 4.93. The zero-order valence-corrected chi connectivity index (χ0v) is 12.6. The Bertz CT molecular complexity index is 941. The largest absolute Gasteiger partial charge is 0.361 e. The average molecular weight is 314 g/mol. The van der Waals surface area contributed by atoms with Gasteiger partial charge in [0.2, 0.25) is 0 Å². The number of benzene rings is 2. The van der Waals surface area contributed by atoms with E-state index in [1.165, 1.54) is 31.2 Å². The number of hydrogen-bond donors (Lipinski definition) is 2. The summed E-state index contributed by atoms with van der Waals surface area (Å²) in [6.07, 6.45) is 1.75. The Balaban J connectivity index is 1.96. The molecule has 5 nitrogen and oxygen atoms in total. The van der Waals surface area contributed by atoms with E-state index in [-0.39, 0.29) is 10.7 Å². The first-order chi connectivity index (χ1) is 10.5. The molecule has 2 N–H and O–H groups in total. The van der Waals surface area contributed by atoms with E-state index < -0.39 is 10.0 Å². The van der Waals surface area contributed by atoms with E-state index in [4.69, 9.17) is 0 Å². The van der Waals surface area contributed by atoms with Gasteiger partial charge >= 0.3 is 0 Å². The SMILES string of the molecule is CC(=O)c1ccc(S(=O)(=O)Nc2cccc3[nH]ccc23)cc1. The van der Waals surface area contributed by atoms with Crippen LogP contribution in [0.3, 0.4) is 0 Å². The summed E-state index contributed by atoms with van der Waals surface area (Å²) >= 11 is 0. The lowest BCUT2D eigenvalue weighted by atomic mass is 10.2. The molecule has 0 aliphatic rings. The number of ketones is 1. The third-order valence-corrected chi connectivity index (χ3v) is 4.79. The summed E-state index contributed by atoms with van der Waals surface area (Å²) in [4.78, 5) is 14.4. The highest BCUT2D eigenvalue weighted by atomic mass is 32.2. The van der Waals surface area contributed by atoms with Crippen molar-refractivity contribution in [2.45, 2.75) is 11.8 Å². The molecule has 0 spiro atoms. The molecule has 0 bridgehead atoms. The predicted octanol–water partition coefficient (Wildman–Crippen LogP) is 3.17. The van der Waals surface area contributed by atoms with Crippen LogP contribution in [-0.4, -0.2) is 19.2 Å². The Morgan fingerprint density at radius 3 is 2.45 bits per heavy atom. The maximum absolute atomic E-state index is 12.4. The van der Waals surface area contributed by atoms with Crippen LogP contribution in [0.5, 0.6) is 0 Å². The highest BCUT2D eigenvalue weighted by Gasteiger charge is 2.16. The van der Waals surface area contributed by atoms with Crippen LogP contribution >= 0.6 is 0 Å². The van der Waals surface area contributed by atoms with Gasteiger partial charge in [0.05, 0.1) is 10.6 Å². The molecule has 0 amide bonds. The summed E-state index contributed by atoms with van der Waals surface area (Å²) in [6, 6.07) is 13.0. The predicted molar refractivity (Wildman–Crippen MR) is 85.6 cm³/mol. The van der Waals surface area contributed by atoms with Crippen molar-refractivity contribution in [2.75, 3.05) is 4.72 Å². The number of H-pyrrole nitrogens is 1. The Morgan fingerprint density at radius 1 is 1.05 bits per heavy atom. The van der Waals surface area contributed by atoms with Gasteiger partial charge in [-0.1, -0.05) is 18.2 Å². The Kier molecular flexibility index (Phi) is 3.46. The molecule has 0 aliphatic heterocycles. The number of hydrogen-bond acceptors (Lipinski definition) is 3. The molecule has 3 aromatic rings. The smallest absolute Gasteiger partial charge is 0.261 e. The van der Waals surface area contributed by atoms with Crippen molar-refractivity contribution < 1.29 is 13.2 Å². The minimum Gasteiger partial charge on any atom is -0.361 e. The van der Waals surface area contributed by atoms with E-state index in [2.05, 4.69) is 9.71 Å². The van der Waals surface area contributed by atoms with Gasteiger partial charge in [0.1, 0.15) is 0 Å². The van der Waals surface area contributed by atoms with Gasteiger partial charge in [0.15, 0.2) is 5.78 Å². The fourth-order valence-electron chi connectivity index (χ4n) is 2.25. The standard InChI is InChI=1S/C16H14N2O3S/c1-11(19)12-5-7-13(8-6-12)22(20,21)18-16-4-2-3-15-14(16)9-10-17-15/h2-10,17-18H,1H3. The van der Waals surface area contributed by atoms with E-state index in [1.54, 1.807) is 18.3 Å². The molecule has 0 unspecified atom stereocenters. The van der Waals surface area contributed by atoms with E-state index in [1.807, 2.05) is 12.1 Å². The molecule has 22 heavy (non-hydrogen) atoms. The number of rotatable bonds is 4. The minimum absolute atomic E-state index is 0.103. The van der Waals surface area contributed by atoms with Crippen LogP contribution in [0.2, 0.25) is 0 Å². The normalized spacial score (nSPS) is 11.5. The summed E-state index contributed by atoms with van der Waals surface area (Å²) in [5.41, 5.74) is 1.84. The molecule has 0 saturated heterocycles. The number of anilines is 1. The second kappa shape index (κ2) is 5.31. The molecule has 2 aromatic carbocycles. The van der Waals surface area contributed by atoms with Crippen LogP contribution in [0.15, 0.2) is 59.6 Å². The maximum Gasteiger partial charge on any atom is 0.261 e. The van der Waals surface area contributed by atoms with Gasteiger partial charge in [-0.2, -0.15) is 0 Å². The van der Waals surface area contributed by atoms with Crippen LogP contribution in [0, 0.1) is 0 Å². The van der Waals surface area contributed by atoms with Gasteiger partial charge in [0.25, 0.3) is 10.0 Å². The molecule has 0 aliphatic carbocycles. The first-order valence-electron chi connectivity index (χ1n) is 6.67. The van der Waals surface area contributed by atoms with E-state index in [9.17, 15) is 13.2 Å². The van der Waals surface area contributed by atoms with Crippen LogP contribution in [0.4, 0.5) is 5.69 Å². The average Bonchev–Trinajstić information content (AvgIpc) is 2.96. The number of aromatic nitrogens is 1. The van der Waals surface area contributed by atoms with Crippen molar-refractivity contribution in [1.82, 2.24) is 4.98 Å². The third kappa shape index (κ3) is 2.60. The van der Waals surface area contributed by atoms with Crippen LogP contribution in [0.25, 0.3) is 10.9 Å². The lowest BCUT2D eigenvalue weighted by Crippen LogP contribution is -2.13. The summed E-state index contributed by atoms with van der Waals surface area (Å²) in [5, 5.41) is 0.798. The van der Waals surface area contributed by atoms with E-state index >= 15 is 0 Å². The third-order valence-electron chi connectivity index (χ3n) is 3.41. The Labute approximate surface area is 128 Å². The first-order valence-corrected chi connectivity index (χ1v) is 8.15. The zero-order chi connectivity index (χ0) is 15.7. The van der Waals surface area contributed by atoms with Crippen LogP contribution < -0.4 is 4.72 Å². The lowest BCUT2D eigenvalue weighted by Gasteiger charge is -2.09. The van der Waals surface area contributed by atoms with Gasteiger partial charge < -0.3 is 4.98 Å². The van der Waals surface area contributed by atoms with Gasteiger partial charge in [0, 0.05) is 22.7 Å². The summed E-state index contributed by atoms with van der Waals surface area (Å²) < 4.78 is 27.5. The summed E-state index contributed by atoms with van der Waals surface area (Å²) in [5.74, 6) is -0.103. The number of nitrogens with one attached hydrogen (secondary N) is 2. The monoisotopic (exact) mass is 314 g/mol. The molecule has 112 valence electrons. The number of Topliss-reactive ketones (excluding diaryl/α,β-unsaturated/α-hetero) is 1. The first kappa shape index (κ1) is 14.3. The van der Waals surface area contributed by atoms with Gasteiger partial charge in [-0.3, -0.25) is 9.52 Å². The fraction of sp³-hybridized carbons (Fsp3) is 0.0625. The van der Waals surface area contributed by atoms with Gasteiger partial charge in [-0.25, -0.2) is 8.42 Å². The molecule has 6 heteroatoms. The molecule has 3 rings (SSSR count). The van der Waals surface area contributed by atoms with Crippen LogP contribution in [-0.2, 0) is 10.0 Å². The highest BCUT2D eigenvalue weighted by Crippen LogP contribution is 2.25. The fourth-order valence-corrected chi connectivity index (χ4v) is 3.33. The molecule has 1 heterocycles. The van der Waals surface area contributed by atoms with Gasteiger partial charge in [-0.05, 0) is 37.3 Å². The molecule has 0 radical (unpaired) electrons. The quantitative estimate of drug-likeness (QED) is 0.726. The second-order valence-corrected chi connectivity index (χ2v) is 6.61. The molecule has 0 fully saturated rings. The number of aromatic amines is 1. The Hall–Kier alpha value is -2.60. The van der Waals surface area contributed by atoms with E-state index in [0.29, 0.717) is 11.3 Å².